The molecule has 7 nitrogen and oxygen atoms in total. The molecular weight excluding hydrogens is 248 g/mol. The Labute approximate surface area is 107 Å². The molecule has 3 aromatic rings. The number of furan rings is 1. The van der Waals surface area contributed by atoms with E-state index < -0.39 is 5.97 Å². The molecule has 3 rings (SSSR count). The molecule has 0 saturated heterocycles. The van der Waals surface area contributed by atoms with Crippen molar-refractivity contribution < 1.29 is 14.3 Å². The Hall–Kier alpha value is -2.83. The highest BCUT2D eigenvalue weighted by Crippen LogP contribution is 2.21. The van der Waals surface area contributed by atoms with E-state index >= 15 is 0 Å². The number of hydrogen-bond donors (Lipinski definition) is 2. The predicted octanol–water partition coefficient (Wildman–Crippen LogP) is 1.58. The monoisotopic (exact) mass is 258 g/mol. The van der Waals surface area contributed by atoms with E-state index in [4.69, 9.17) is 15.3 Å². The number of carboxylic acids is 1. The van der Waals surface area contributed by atoms with Crippen molar-refractivity contribution >= 4 is 17.3 Å². The van der Waals surface area contributed by atoms with Gasteiger partial charge in [-0.2, -0.15) is 0 Å². The molecule has 3 aromatic heterocycles. The quantitative estimate of drug-likeness (QED) is 0.722. The van der Waals surface area contributed by atoms with Crippen LogP contribution in [0.4, 0.5) is 5.69 Å². The normalized spacial score (nSPS) is 11.0. The van der Waals surface area contributed by atoms with Crippen LogP contribution in [0.2, 0.25) is 0 Å². The van der Waals surface area contributed by atoms with Gasteiger partial charge in [0.05, 0.1) is 11.3 Å². The zero-order chi connectivity index (χ0) is 13.6. The largest absolute Gasteiger partial charge is 0.478 e. The maximum Gasteiger partial charge on any atom is 0.337 e. The maximum atomic E-state index is 10.9. The average Bonchev–Trinajstić information content (AvgIpc) is 2.94. The van der Waals surface area contributed by atoms with E-state index in [9.17, 15) is 4.79 Å². The summed E-state index contributed by atoms with van der Waals surface area (Å²) in [6, 6.07) is 4.90. The fourth-order valence-corrected chi connectivity index (χ4v) is 1.79. The van der Waals surface area contributed by atoms with Gasteiger partial charge in [0, 0.05) is 6.20 Å². The summed E-state index contributed by atoms with van der Waals surface area (Å²) in [5.41, 5.74) is 6.48. The summed E-state index contributed by atoms with van der Waals surface area (Å²) in [4.78, 5) is 15.2. The van der Waals surface area contributed by atoms with Crippen LogP contribution in [-0.2, 0) is 0 Å². The van der Waals surface area contributed by atoms with E-state index in [0.29, 0.717) is 17.2 Å². The SMILES string of the molecule is Cc1ccc(-c2nc3c(N)cc(C(=O)O)cn3n2)o1. The minimum atomic E-state index is -1.07. The third-order valence-electron chi connectivity index (χ3n) is 2.67. The first-order chi connectivity index (χ1) is 9.04. The molecule has 19 heavy (non-hydrogen) atoms. The number of nitrogen functional groups attached to an aromatic ring is 1. The van der Waals surface area contributed by atoms with E-state index in [0.717, 1.165) is 5.76 Å². The number of nitrogens with zero attached hydrogens (tertiary/aromatic N) is 3. The fraction of sp³-hybridized carbons (Fsp3) is 0.0833. The number of nitrogens with two attached hydrogens (primary N) is 1. The van der Waals surface area contributed by atoms with Crippen LogP contribution in [-0.4, -0.2) is 25.7 Å². The molecule has 0 fully saturated rings. The number of carbonyl (C=O) groups is 1. The van der Waals surface area contributed by atoms with Gasteiger partial charge in [0.2, 0.25) is 5.82 Å². The second kappa shape index (κ2) is 3.84. The van der Waals surface area contributed by atoms with E-state index in [1.54, 1.807) is 12.1 Å². The third-order valence-corrected chi connectivity index (χ3v) is 2.67. The van der Waals surface area contributed by atoms with Gasteiger partial charge in [0.15, 0.2) is 11.4 Å². The van der Waals surface area contributed by atoms with Gasteiger partial charge in [-0.25, -0.2) is 14.3 Å². The minimum Gasteiger partial charge on any atom is -0.478 e. The lowest BCUT2D eigenvalue weighted by molar-refractivity contribution is 0.0696. The highest BCUT2D eigenvalue weighted by atomic mass is 16.4. The fourth-order valence-electron chi connectivity index (χ4n) is 1.79. The molecule has 0 unspecified atom stereocenters. The number of hydrogen-bond acceptors (Lipinski definition) is 5. The summed E-state index contributed by atoms with van der Waals surface area (Å²) in [5, 5.41) is 13.1. The zero-order valence-electron chi connectivity index (χ0n) is 9.99. The van der Waals surface area contributed by atoms with Crippen LogP contribution in [0.5, 0.6) is 0 Å². The van der Waals surface area contributed by atoms with Gasteiger partial charge in [-0.05, 0) is 25.1 Å². The van der Waals surface area contributed by atoms with Crippen molar-refractivity contribution in [2.24, 2.45) is 0 Å². The number of aromatic carboxylic acids is 1. The summed E-state index contributed by atoms with van der Waals surface area (Å²) >= 11 is 0. The molecule has 0 amide bonds. The van der Waals surface area contributed by atoms with Gasteiger partial charge in [0.1, 0.15) is 5.76 Å². The Morgan fingerprint density at radius 3 is 2.89 bits per heavy atom. The number of aromatic nitrogens is 3. The van der Waals surface area contributed by atoms with Crippen molar-refractivity contribution in [3.8, 4) is 11.6 Å². The maximum absolute atomic E-state index is 10.9. The zero-order valence-corrected chi connectivity index (χ0v) is 9.99. The number of pyridine rings is 1. The molecule has 96 valence electrons. The second-order valence-corrected chi connectivity index (χ2v) is 4.10. The van der Waals surface area contributed by atoms with E-state index in [2.05, 4.69) is 10.1 Å². The third kappa shape index (κ3) is 1.81. The predicted molar refractivity (Wildman–Crippen MR) is 66.8 cm³/mol. The molecule has 0 bridgehead atoms. The molecular formula is C12H10N4O3. The van der Waals surface area contributed by atoms with E-state index in [1.165, 1.54) is 16.8 Å². The Morgan fingerprint density at radius 2 is 2.26 bits per heavy atom. The molecule has 0 spiro atoms. The first-order valence-corrected chi connectivity index (χ1v) is 5.50. The lowest BCUT2D eigenvalue weighted by atomic mass is 10.2. The molecule has 0 atom stereocenters. The van der Waals surface area contributed by atoms with Gasteiger partial charge < -0.3 is 15.3 Å². The van der Waals surface area contributed by atoms with Crippen LogP contribution in [0.25, 0.3) is 17.2 Å². The molecule has 0 aliphatic rings. The van der Waals surface area contributed by atoms with E-state index in [-0.39, 0.29) is 11.3 Å². The van der Waals surface area contributed by atoms with Crippen molar-refractivity contribution in [1.29, 1.82) is 0 Å². The van der Waals surface area contributed by atoms with E-state index in [1.807, 2.05) is 6.92 Å². The summed E-state index contributed by atoms with van der Waals surface area (Å²) in [6.45, 7) is 1.82. The molecule has 3 heterocycles. The van der Waals surface area contributed by atoms with Crippen LogP contribution in [0.15, 0.2) is 28.8 Å². The van der Waals surface area contributed by atoms with Crippen molar-refractivity contribution in [1.82, 2.24) is 14.6 Å². The van der Waals surface area contributed by atoms with Gasteiger partial charge in [-0.15, -0.1) is 5.10 Å². The van der Waals surface area contributed by atoms with Crippen molar-refractivity contribution in [3.05, 3.63) is 35.7 Å². The minimum absolute atomic E-state index is 0.0528. The molecule has 0 radical (unpaired) electrons. The molecule has 0 aromatic carbocycles. The van der Waals surface area contributed by atoms with Gasteiger partial charge in [0.25, 0.3) is 0 Å². The Bertz CT molecular complexity index is 787. The number of rotatable bonds is 2. The molecule has 0 saturated carbocycles. The summed E-state index contributed by atoms with van der Waals surface area (Å²) in [5.74, 6) is 0.548. The number of fused-ring (bicyclic) bond motifs is 1. The molecule has 7 heteroatoms. The first kappa shape index (κ1) is 11.3. The van der Waals surface area contributed by atoms with Crippen molar-refractivity contribution in [3.63, 3.8) is 0 Å². The Morgan fingerprint density at radius 1 is 1.47 bits per heavy atom. The molecule has 3 N–H and O–H groups in total. The van der Waals surface area contributed by atoms with Crippen LogP contribution in [0.3, 0.4) is 0 Å². The Balaban J connectivity index is 2.20. The molecule has 0 aliphatic carbocycles. The summed E-state index contributed by atoms with van der Waals surface area (Å²) in [6.07, 6.45) is 1.36. The second-order valence-electron chi connectivity index (χ2n) is 4.10. The highest BCUT2D eigenvalue weighted by molar-refractivity contribution is 5.89. The van der Waals surface area contributed by atoms with Crippen LogP contribution in [0, 0.1) is 6.92 Å². The van der Waals surface area contributed by atoms with Gasteiger partial charge >= 0.3 is 5.97 Å². The number of carboxylic acid groups (broad SMARTS) is 1. The van der Waals surface area contributed by atoms with Crippen LogP contribution in [0.1, 0.15) is 16.1 Å². The summed E-state index contributed by atoms with van der Waals surface area (Å²) < 4.78 is 6.76. The van der Waals surface area contributed by atoms with Crippen molar-refractivity contribution in [2.75, 3.05) is 5.73 Å². The topological polar surface area (TPSA) is 107 Å². The van der Waals surface area contributed by atoms with Crippen LogP contribution < -0.4 is 5.73 Å². The number of anilines is 1. The smallest absolute Gasteiger partial charge is 0.337 e. The average molecular weight is 258 g/mol. The molecule has 0 aliphatic heterocycles. The van der Waals surface area contributed by atoms with Crippen LogP contribution >= 0.6 is 0 Å². The van der Waals surface area contributed by atoms with Crippen molar-refractivity contribution in [2.45, 2.75) is 6.92 Å². The summed E-state index contributed by atoms with van der Waals surface area (Å²) in [7, 11) is 0. The lowest BCUT2D eigenvalue weighted by Gasteiger charge is -1.98. The first-order valence-electron chi connectivity index (χ1n) is 5.50. The standard InChI is InChI=1S/C12H10N4O3/c1-6-2-3-9(19-6)10-14-11-8(13)4-7(12(17)18)5-16(11)15-10/h2-5H,13H2,1H3,(H,17,18). The Kier molecular flexibility index (Phi) is 2.28. The lowest BCUT2D eigenvalue weighted by Crippen LogP contribution is -2.02. The van der Waals surface area contributed by atoms with Gasteiger partial charge in [-0.3, -0.25) is 0 Å². The highest BCUT2D eigenvalue weighted by Gasteiger charge is 2.14. The number of aryl methyl sites for hydroxylation is 1. The van der Waals surface area contributed by atoms with Gasteiger partial charge in [-0.1, -0.05) is 0 Å².